The van der Waals surface area contributed by atoms with Crippen LogP contribution in [-0.2, 0) is 0 Å². The number of pyridine rings is 1. The summed E-state index contributed by atoms with van der Waals surface area (Å²) in [7, 11) is 0. The molecule has 3 nitrogen and oxygen atoms in total. The van der Waals surface area contributed by atoms with E-state index in [1.165, 1.54) is 12.8 Å². The number of nitrogen functional groups attached to an aromatic ring is 1. The van der Waals surface area contributed by atoms with Crippen molar-refractivity contribution in [3.05, 3.63) is 30.4 Å². The normalized spacial score (nSPS) is 16.0. The molecule has 1 aromatic rings. The summed E-state index contributed by atoms with van der Waals surface area (Å²) in [4.78, 5) is 4.14. The third-order valence-electron chi connectivity index (χ3n) is 2.20. The highest BCUT2D eigenvalue weighted by Crippen LogP contribution is 2.29. The highest BCUT2D eigenvalue weighted by Gasteiger charge is 2.16. The van der Waals surface area contributed by atoms with Gasteiger partial charge in [0.1, 0.15) is 11.6 Å². The van der Waals surface area contributed by atoms with Gasteiger partial charge < -0.3 is 11.1 Å². The van der Waals surface area contributed by atoms with Gasteiger partial charge in [-0.1, -0.05) is 18.2 Å². The zero-order valence-corrected chi connectivity index (χ0v) is 8.11. The molecule has 0 aromatic carbocycles. The van der Waals surface area contributed by atoms with E-state index in [4.69, 9.17) is 5.73 Å². The van der Waals surface area contributed by atoms with E-state index in [9.17, 15) is 0 Å². The number of anilines is 2. The van der Waals surface area contributed by atoms with Gasteiger partial charge in [-0.15, -0.1) is 0 Å². The quantitative estimate of drug-likeness (QED) is 0.713. The Kier molecular flexibility index (Phi) is 2.68. The van der Waals surface area contributed by atoms with Crippen molar-refractivity contribution in [1.82, 2.24) is 4.98 Å². The van der Waals surface area contributed by atoms with Crippen molar-refractivity contribution in [1.29, 1.82) is 0 Å². The summed E-state index contributed by atoms with van der Waals surface area (Å²) in [6.07, 6.45) is 7.13. The Labute approximate surface area is 84.0 Å². The largest absolute Gasteiger partial charge is 0.384 e. The Morgan fingerprint density at radius 2 is 2.36 bits per heavy atom. The molecule has 74 valence electrons. The second kappa shape index (κ2) is 4.13. The van der Waals surface area contributed by atoms with E-state index in [1.807, 2.05) is 12.1 Å². The molecule has 1 aliphatic carbocycles. The zero-order chi connectivity index (χ0) is 9.80. The molecule has 0 bridgehead atoms. The standard InChI is InChI=1S/C11H15N3/c12-10-4-1-5-11(14-10)13-8-2-3-9-6-7-9/h1-5,9H,6-8H2,(H3,12,13,14)/b3-2+. The predicted molar refractivity (Wildman–Crippen MR) is 59.0 cm³/mol. The van der Waals surface area contributed by atoms with Crippen LogP contribution in [0.5, 0.6) is 0 Å². The lowest BCUT2D eigenvalue weighted by Gasteiger charge is -2.02. The maximum atomic E-state index is 5.55. The van der Waals surface area contributed by atoms with Gasteiger partial charge in [0.15, 0.2) is 0 Å². The number of allylic oxidation sites excluding steroid dienone is 1. The minimum Gasteiger partial charge on any atom is -0.384 e. The number of nitrogens with one attached hydrogen (secondary N) is 1. The number of aromatic nitrogens is 1. The highest BCUT2D eigenvalue weighted by molar-refractivity contribution is 5.42. The van der Waals surface area contributed by atoms with Crippen molar-refractivity contribution in [3.63, 3.8) is 0 Å². The summed E-state index contributed by atoms with van der Waals surface area (Å²) in [6.45, 7) is 0.826. The molecule has 1 aliphatic rings. The molecule has 3 N–H and O–H groups in total. The number of hydrogen-bond donors (Lipinski definition) is 2. The molecule has 0 aliphatic heterocycles. The van der Waals surface area contributed by atoms with Crippen molar-refractivity contribution in [2.45, 2.75) is 12.8 Å². The van der Waals surface area contributed by atoms with Gasteiger partial charge in [0.2, 0.25) is 0 Å². The van der Waals surface area contributed by atoms with Crippen molar-refractivity contribution in [2.24, 2.45) is 5.92 Å². The number of hydrogen-bond acceptors (Lipinski definition) is 3. The molecule has 14 heavy (non-hydrogen) atoms. The summed E-state index contributed by atoms with van der Waals surface area (Å²) >= 11 is 0. The summed E-state index contributed by atoms with van der Waals surface area (Å²) in [5.41, 5.74) is 5.55. The van der Waals surface area contributed by atoms with E-state index >= 15 is 0 Å². The molecule has 2 rings (SSSR count). The van der Waals surface area contributed by atoms with E-state index < -0.39 is 0 Å². The molecule has 0 unspecified atom stereocenters. The van der Waals surface area contributed by atoms with Gasteiger partial charge in [-0.3, -0.25) is 0 Å². The Hall–Kier alpha value is -1.51. The third-order valence-corrected chi connectivity index (χ3v) is 2.20. The Morgan fingerprint density at radius 3 is 3.07 bits per heavy atom. The Bertz CT molecular complexity index is 329. The topological polar surface area (TPSA) is 50.9 Å². The second-order valence-electron chi connectivity index (χ2n) is 3.59. The maximum absolute atomic E-state index is 5.55. The first-order chi connectivity index (χ1) is 6.84. The van der Waals surface area contributed by atoms with Crippen LogP contribution in [0.1, 0.15) is 12.8 Å². The van der Waals surface area contributed by atoms with E-state index in [1.54, 1.807) is 6.07 Å². The van der Waals surface area contributed by atoms with Gasteiger partial charge in [0.25, 0.3) is 0 Å². The highest BCUT2D eigenvalue weighted by atomic mass is 15.0. The van der Waals surface area contributed by atoms with Crippen LogP contribution in [0.3, 0.4) is 0 Å². The van der Waals surface area contributed by atoms with Crippen LogP contribution >= 0.6 is 0 Å². The van der Waals surface area contributed by atoms with Crippen molar-refractivity contribution < 1.29 is 0 Å². The first-order valence-electron chi connectivity index (χ1n) is 4.97. The lowest BCUT2D eigenvalue weighted by Crippen LogP contribution is -2.01. The van der Waals surface area contributed by atoms with Crippen LogP contribution in [0.25, 0.3) is 0 Å². The average Bonchev–Trinajstić information content (AvgIpc) is 2.96. The Morgan fingerprint density at radius 1 is 1.50 bits per heavy atom. The van der Waals surface area contributed by atoms with E-state index in [0.29, 0.717) is 5.82 Å². The third kappa shape index (κ3) is 2.76. The summed E-state index contributed by atoms with van der Waals surface area (Å²) < 4.78 is 0. The van der Waals surface area contributed by atoms with E-state index in [2.05, 4.69) is 22.5 Å². The number of nitrogens with zero attached hydrogens (tertiary/aromatic N) is 1. The van der Waals surface area contributed by atoms with Crippen molar-refractivity contribution >= 4 is 11.6 Å². The first kappa shape index (κ1) is 9.06. The molecule has 0 spiro atoms. The fraction of sp³-hybridized carbons (Fsp3) is 0.364. The molecule has 1 heterocycles. The molecule has 3 heteroatoms. The zero-order valence-electron chi connectivity index (χ0n) is 8.11. The van der Waals surface area contributed by atoms with Crippen LogP contribution in [-0.4, -0.2) is 11.5 Å². The molecule has 0 radical (unpaired) electrons. The molecule has 0 atom stereocenters. The van der Waals surface area contributed by atoms with Crippen LogP contribution in [0.2, 0.25) is 0 Å². The predicted octanol–water partition coefficient (Wildman–Crippen LogP) is 2.04. The smallest absolute Gasteiger partial charge is 0.128 e. The van der Waals surface area contributed by atoms with Crippen LogP contribution in [0.15, 0.2) is 30.4 Å². The summed E-state index contributed by atoms with van der Waals surface area (Å²) in [5.74, 6) is 2.23. The van der Waals surface area contributed by atoms with Gasteiger partial charge in [-0.2, -0.15) is 0 Å². The molecular formula is C11H15N3. The fourth-order valence-electron chi connectivity index (χ4n) is 1.26. The molecule has 1 aromatic heterocycles. The van der Waals surface area contributed by atoms with Gasteiger partial charge >= 0.3 is 0 Å². The van der Waals surface area contributed by atoms with Crippen LogP contribution in [0.4, 0.5) is 11.6 Å². The average molecular weight is 189 g/mol. The minimum absolute atomic E-state index is 0.557. The van der Waals surface area contributed by atoms with Crippen LogP contribution in [0, 0.1) is 5.92 Å². The van der Waals surface area contributed by atoms with Gasteiger partial charge in [-0.05, 0) is 30.9 Å². The van der Waals surface area contributed by atoms with Crippen molar-refractivity contribution in [2.75, 3.05) is 17.6 Å². The molecule has 1 saturated carbocycles. The summed E-state index contributed by atoms with van der Waals surface area (Å²) in [5, 5.41) is 3.19. The summed E-state index contributed by atoms with van der Waals surface area (Å²) in [6, 6.07) is 5.60. The number of rotatable bonds is 4. The molecule has 0 amide bonds. The molecule has 1 fully saturated rings. The van der Waals surface area contributed by atoms with Gasteiger partial charge in [0.05, 0.1) is 0 Å². The second-order valence-corrected chi connectivity index (χ2v) is 3.59. The lowest BCUT2D eigenvalue weighted by atomic mass is 10.3. The van der Waals surface area contributed by atoms with Gasteiger partial charge in [-0.25, -0.2) is 4.98 Å². The fourth-order valence-corrected chi connectivity index (χ4v) is 1.26. The van der Waals surface area contributed by atoms with Crippen LogP contribution < -0.4 is 11.1 Å². The lowest BCUT2D eigenvalue weighted by molar-refractivity contribution is 1.10. The first-order valence-corrected chi connectivity index (χ1v) is 4.97. The minimum atomic E-state index is 0.557. The monoisotopic (exact) mass is 189 g/mol. The maximum Gasteiger partial charge on any atom is 0.128 e. The number of nitrogens with two attached hydrogens (primary N) is 1. The van der Waals surface area contributed by atoms with E-state index in [-0.39, 0.29) is 0 Å². The SMILES string of the molecule is Nc1cccc(NC/C=C/C2CC2)n1. The van der Waals surface area contributed by atoms with E-state index in [0.717, 1.165) is 18.3 Å². The molecule has 0 saturated heterocycles. The molecular weight excluding hydrogens is 174 g/mol. The Balaban J connectivity index is 1.79. The van der Waals surface area contributed by atoms with Gasteiger partial charge in [0, 0.05) is 6.54 Å². The van der Waals surface area contributed by atoms with Crippen molar-refractivity contribution in [3.8, 4) is 0 Å².